The Morgan fingerprint density at radius 1 is 1.24 bits per heavy atom. The number of rotatable bonds is 2. The van der Waals surface area contributed by atoms with Gasteiger partial charge in [-0.2, -0.15) is 0 Å². The molecule has 0 aliphatic carbocycles. The van der Waals surface area contributed by atoms with Crippen LogP contribution in [0.5, 0.6) is 0 Å². The Labute approximate surface area is 124 Å². The minimum Gasteiger partial charge on any atom is -0.322 e. The molecule has 2 amide bonds. The van der Waals surface area contributed by atoms with E-state index in [9.17, 15) is 9.18 Å². The molecule has 1 aromatic carbocycles. The van der Waals surface area contributed by atoms with E-state index < -0.39 is 5.82 Å². The average Bonchev–Trinajstić information content (AvgIpc) is 3.04. The average molecular weight is 292 g/mol. The number of nitrogens with one attached hydrogen (secondary N) is 2. The molecule has 0 spiro atoms. The van der Waals surface area contributed by atoms with Gasteiger partial charge in [-0.15, -0.1) is 0 Å². The normalized spacial score (nSPS) is 23.3. The van der Waals surface area contributed by atoms with E-state index in [4.69, 9.17) is 0 Å². The summed E-state index contributed by atoms with van der Waals surface area (Å²) in [6, 6.07) is 6.63. The number of hydrogen-bond acceptors (Lipinski definition) is 3. The van der Waals surface area contributed by atoms with Crippen molar-refractivity contribution in [2.45, 2.75) is 12.5 Å². The number of carbonyl (C=O) groups is 1. The molecule has 0 radical (unpaired) electrons. The van der Waals surface area contributed by atoms with Crippen LogP contribution in [0.25, 0.3) is 0 Å². The standard InChI is InChI=1S/C15H21FN4O/c16-13-3-1-2-4-14(13)18-15(21)20-9-7-19(8-10-20)12-5-6-17-11-12/h1-4,12,17H,5-11H2,(H,18,21). The summed E-state index contributed by atoms with van der Waals surface area (Å²) in [4.78, 5) is 16.4. The van der Waals surface area contributed by atoms with Crippen LogP contribution in [0.4, 0.5) is 14.9 Å². The van der Waals surface area contributed by atoms with Crippen molar-refractivity contribution in [3.8, 4) is 0 Å². The number of urea groups is 1. The van der Waals surface area contributed by atoms with Crippen LogP contribution in [-0.4, -0.2) is 61.1 Å². The van der Waals surface area contributed by atoms with E-state index >= 15 is 0 Å². The first-order chi connectivity index (χ1) is 10.2. The maximum atomic E-state index is 13.5. The second-order valence-corrected chi connectivity index (χ2v) is 5.58. The fraction of sp³-hybridized carbons (Fsp3) is 0.533. The zero-order chi connectivity index (χ0) is 14.7. The van der Waals surface area contributed by atoms with Crippen LogP contribution < -0.4 is 10.6 Å². The summed E-state index contributed by atoms with van der Waals surface area (Å²) in [7, 11) is 0. The number of amides is 2. The number of hydrogen-bond donors (Lipinski definition) is 2. The first-order valence-corrected chi connectivity index (χ1v) is 7.49. The molecule has 2 aliphatic heterocycles. The number of halogens is 1. The second kappa shape index (κ2) is 6.41. The lowest BCUT2D eigenvalue weighted by molar-refractivity contribution is 0.119. The Morgan fingerprint density at radius 3 is 2.67 bits per heavy atom. The Morgan fingerprint density at radius 2 is 2.00 bits per heavy atom. The van der Waals surface area contributed by atoms with Gasteiger partial charge in [0.1, 0.15) is 5.82 Å². The number of anilines is 1. The Hall–Kier alpha value is -1.66. The number of carbonyl (C=O) groups excluding carboxylic acids is 1. The van der Waals surface area contributed by atoms with Gasteiger partial charge in [-0.25, -0.2) is 9.18 Å². The summed E-state index contributed by atoms with van der Waals surface area (Å²) < 4.78 is 13.5. The van der Waals surface area contributed by atoms with E-state index in [-0.39, 0.29) is 11.7 Å². The summed E-state index contributed by atoms with van der Waals surface area (Å²) >= 11 is 0. The molecule has 114 valence electrons. The van der Waals surface area contributed by atoms with Crippen molar-refractivity contribution in [1.82, 2.24) is 15.1 Å². The molecule has 1 aromatic rings. The van der Waals surface area contributed by atoms with Crippen LogP contribution in [0.15, 0.2) is 24.3 Å². The van der Waals surface area contributed by atoms with Crippen LogP contribution in [-0.2, 0) is 0 Å². The molecule has 2 saturated heterocycles. The molecule has 5 nitrogen and oxygen atoms in total. The summed E-state index contributed by atoms with van der Waals surface area (Å²) in [6.45, 7) is 5.28. The monoisotopic (exact) mass is 292 g/mol. The van der Waals surface area contributed by atoms with E-state index in [1.807, 2.05) is 0 Å². The van der Waals surface area contributed by atoms with Gasteiger partial charge in [-0.1, -0.05) is 12.1 Å². The molecule has 0 aromatic heterocycles. The maximum absolute atomic E-state index is 13.5. The molecule has 1 unspecified atom stereocenters. The van der Waals surface area contributed by atoms with Gasteiger partial charge in [0.25, 0.3) is 0 Å². The summed E-state index contributed by atoms with van der Waals surface area (Å²) in [5.41, 5.74) is 0.241. The molecule has 2 N–H and O–H groups in total. The van der Waals surface area contributed by atoms with Crippen molar-refractivity contribution in [1.29, 1.82) is 0 Å². The Kier molecular flexibility index (Phi) is 4.36. The highest BCUT2D eigenvalue weighted by Crippen LogP contribution is 2.15. The molecule has 2 aliphatic rings. The van der Waals surface area contributed by atoms with Crippen molar-refractivity contribution >= 4 is 11.7 Å². The van der Waals surface area contributed by atoms with E-state index in [1.54, 1.807) is 23.1 Å². The minimum atomic E-state index is -0.401. The van der Waals surface area contributed by atoms with Gasteiger partial charge < -0.3 is 15.5 Å². The van der Waals surface area contributed by atoms with Gasteiger partial charge in [-0.3, -0.25) is 4.90 Å². The largest absolute Gasteiger partial charge is 0.322 e. The third-order valence-corrected chi connectivity index (χ3v) is 4.27. The van der Waals surface area contributed by atoms with Crippen molar-refractivity contribution in [3.05, 3.63) is 30.1 Å². The maximum Gasteiger partial charge on any atom is 0.322 e. The molecule has 3 rings (SSSR count). The SMILES string of the molecule is O=C(Nc1ccccc1F)N1CCN(C2CCNC2)CC1. The lowest BCUT2D eigenvalue weighted by Crippen LogP contribution is -2.53. The zero-order valence-corrected chi connectivity index (χ0v) is 12.0. The predicted octanol–water partition coefficient (Wildman–Crippen LogP) is 1.34. The fourth-order valence-corrected chi connectivity index (χ4v) is 3.00. The van der Waals surface area contributed by atoms with Crippen molar-refractivity contribution in [2.75, 3.05) is 44.6 Å². The number of para-hydroxylation sites is 1. The lowest BCUT2D eigenvalue weighted by atomic mass is 10.2. The number of nitrogens with zero attached hydrogens (tertiary/aromatic N) is 2. The van der Waals surface area contributed by atoms with Gasteiger partial charge in [-0.05, 0) is 25.1 Å². The molecular formula is C15H21FN4O. The van der Waals surface area contributed by atoms with E-state index in [2.05, 4.69) is 15.5 Å². The van der Waals surface area contributed by atoms with Crippen LogP contribution in [0.2, 0.25) is 0 Å². The van der Waals surface area contributed by atoms with Gasteiger partial charge in [0.2, 0.25) is 0 Å². The summed E-state index contributed by atoms with van der Waals surface area (Å²) in [6.07, 6.45) is 1.18. The van der Waals surface area contributed by atoms with E-state index in [0.29, 0.717) is 19.1 Å². The third-order valence-electron chi connectivity index (χ3n) is 4.27. The zero-order valence-electron chi connectivity index (χ0n) is 12.0. The topological polar surface area (TPSA) is 47.6 Å². The van der Waals surface area contributed by atoms with Gasteiger partial charge in [0.15, 0.2) is 0 Å². The predicted molar refractivity (Wildman–Crippen MR) is 79.8 cm³/mol. The first kappa shape index (κ1) is 14.3. The summed E-state index contributed by atoms with van der Waals surface area (Å²) in [5.74, 6) is -0.401. The Balaban J connectivity index is 1.52. The second-order valence-electron chi connectivity index (χ2n) is 5.58. The molecular weight excluding hydrogens is 271 g/mol. The quantitative estimate of drug-likeness (QED) is 0.865. The Bertz CT molecular complexity index is 496. The first-order valence-electron chi connectivity index (χ1n) is 7.49. The highest BCUT2D eigenvalue weighted by molar-refractivity contribution is 5.89. The van der Waals surface area contributed by atoms with Gasteiger partial charge in [0, 0.05) is 38.8 Å². The molecule has 6 heteroatoms. The highest BCUT2D eigenvalue weighted by atomic mass is 19.1. The van der Waals surface area contributed by atoms with Gasteiger partial charge >= 0.3 is 6.03 Å². The smallest absolute Gasteiger partial charge is 0.322 e. The molecule has 0 saturated carbocycles. The number of benzene rings is 1. The van der Waals surface area contributed by atoms with E-state index in [0.717, 1.165) is 26.2 Å². The van der Waals surface area contributed by atoms with Crippen molar-refractivity contribution < 1.29 is 9.18 Å². The van der Waals surface area contributed by atoms with Gasteiger partial charge in [0.05, 0.1) is 5.69 Å². The van der Waals surface area contributed by atoms with Crippen molar-refractivity contribution in [2.24, 2.45) is 0 Å². The molecule has 2 heterocycles. The molecule has 1 atom stereocenters. The van der Waals surface area contributed by atoms with Crippen LogP contribution in [0, 0.1) is 5.82 Å². The fourth-order valence-electron chi connectivity index (χ4n) is 3.00. The third kappa shape index (κ3) is 3.33. The highest BCUT2D eigenvalue weighted by Gasteiger charge is 2.27. The summed E-state index contributed by atoms with van der Waals surface area (Å²) in [5, 5.41) is 6.01. The number of piperazine rings is 1. The van der Waals surface area contributed by atoms with Crippen LogP contribution in [0.1, 0.15) is 6.42 Å². The van der Waals surface area contributed by atoms with Crippen molar-refractivity contribution in [3.63, 3.8) is 0 Å². The molecule has 21 heavy (non-hydrogen) atoms. The minimum absolute atomic E-state index is 0.218. The molecule has 2 fully saturated rings. The van der Waals surface area contributed by atoms with Crippen LogP contribution >= 0.6 is 0 Å². The lowest BCUT2D eigenvalue weighted by Gasteiger charge is -2.37. The van der Waals surface area contributed by atoms with E-state index in [1.165, 1.54) is 12.5 Å². The molecule has 0 bridgehead atoms. The van der Waals surface area contributed by atoms with Crippen LogP contribution in [0.3, 0.4) is 0 Å².